The minimum atomic E-state index is 0.881. The molecular weight excluding hydrogens is 246 g/mol. The highest BCUT2D eigenvalue weighted by Gasteiger charge is 2.09. The van der Waals surface area contributed by atoms with Crippen molar-refractivity contribution in [3.8, 4) is 0 Å². The maximum atomic E-state index is 5.31. The van der Waals surface area contributed by atoms with E-state index in [1.807, 2.05) is 41.5 Å². The molecule has 0 aliphatic carbocycles. The summed E-state index contributed by atoms with van der Waals surface area (Å²) in [4.78, 5) is 2.44. The van der Waals surface area contributed by atoms with Crippen LogP contribution in [0.25, 0.3) is 0 Å². The van der Waals surface area contributed by atoms with Crippen molar-refractivity contribution in [1.29, 1.82) is 0 Å². The highest BCUT2D eigenvalue weighted by Crippen LogP contribution is 2.08. The van der Waals surface area contributed by atoms with Gasteiger partial charge in [0.1, 0.15) is 0 Å². The molecule has 2 rings (SSSR count). The molecule has 1 aliphatic rings. The van der Waals surface area contributed by atoms with Crippen molar-refractivity contribution in [2.75, 3.05) is 26.3 Å². The zero-order valence-corrected chi connectivity index (χ0v) is 14.7. The topological polar surface area (TPSA) is 12.5 Å². The van der Waals surface area contributed by atoms with Gasteiger partial charge < -0.3 is 4.74 Å². The van der Waals surface area contributed by atoms with Gasteiger partial charge in [-0.15, -0.1) is 0 Å². The fraction of sp³-hybridized carbons (Fsp3) is 0.667. The summed E-state index contributed by atoms with van der Waals surface area (Å²) < 4.78 is 5.31. The second-order valence-electron chi connectivity index (χ2n) is 3.87. The number of ether oxygens (including phenoxy) is 1. The van der Waals surface area contributed by atoms with Crippen molar-refractivity contribution in [3.63, 3.8) is 0 Å². The predicted octanol–water partition coefficient (Wildman–Crippen LogP) is 4.91. The van der Waals surface area contributed by atoms with Crippen LogP contribution in [0, 0.1) is 6.92 Å². The molecule has 1 fully saturated rings. The normalized spacial score (nSPS) is 13.8. The maximum absolute atomic E-state index is 5.31. The van der Waals surface area contributed by atoms with E-state index in [-0.39, 0.29) is 0 Å². The number of benzene rings is 1. The summed E-state index contributed by atoms with van der Waals surface area (Å²) in [5, 5.41) is 0. The summed E-state index contributed by atoms with van der Waals surface area (Å²) in [5.74, 6) is 0. The van der Waals surface area contributed by atoms with Gasteiger partial charge in [-0.05, 0) is 12.5 Å². The van der Waals surface area contributed by atoms with E-state index < -0.39 is 0 Å². The third kappa shape index (κ3) is 9.99. The molecule has 0 radical (unpaired) electrons. The lowest BCUT2D eigenvalue weighted by Crippen LogP contribution is -2.35. The van der Waals surface area contributed by atoms with Crippen LogP contribution in [0.5, 0.6) is 0 Å². The largest absolute Gasteiger partial charge is 0.379 e. The number of rotatable bonds is 2. The van der Waals surface area contributed by atoms with Gasteiger partial charge >= 0.3 is 0 Å². The Morgan fingerprint density at radius 2 is 1.30 bits per heavy atom. The molecule has 20 heavy (non-hydrogen) atoms. The third-order valence-corrected chi connectivity index (χ3v) is 2.63. The van der Waals surface area contributed by atoms with Gasteiger partial charge in [-0.1, -0.05) is 71.4 Å². The molecule has 2 heteroatoms. The summed E-state index contributed by atoms with van der Waals surface area (Å²) in [6.45, 7) is 19.1. The minimum Gasteiger partial charge on any atom is -0.379 e. The molecule has 1 aromatic carbocycles. The van der Waals surface area contributed by atoms with E-state index in [2.05, 4.69) is 36.1 Å². The lowest BCUT2D eigenvalue weighted by molar-refractivity contribution is 0.0342. The highest BCUT2D eigenvalue weighted by molar-refractivity contribution is 5.21. The van der Waals surface area contributed by atoms with Crippen LogP contribution in [0.2, 0.25) is 0 Å². The van der Waals surface area contributed by atoms with Crippen molar-refractivity contribution < 1.29 is 4.74 Å². The van der Waals surface area contributed by atoms with Crippen LogP contribution in [0.1, 0.15) is 52.7 Å². The van der Waals surface area contributed by atoms with Crippen molar-refractivity contribution in [1.82, 2.24) is 4.90 Å². The monoisotopic (exact) mass is 281 g/mol. The quantitative estimate of drug-likeness (QED) is 0.764. The first-order valence-electron chi connectivity index (χ1n) is 8.20. The number of morpholine rings is 1. The molecule has 0 N–H and O–H groups in total. The fourth-order valence-electron chi connectivity index (χ4n) is 1.71. The van der Waals surface area contributed by atoms with Gasteiger partial charge in [-0.25, -0.2) is 0 Å². The van der Waals surface area contributed by atoms with Crippen molar-refractivity contribution >= 4 is 0 Å². The lowest BCUT2D eigenvalue weighted by Gasteiger charge is -2.26. The van der Waals surface area contributed by atoms with E-state index in [4.69, 9.17) is 4.74 Å². The van der Waals surface area contributed by atoms with Crippen LogP contribution in [-0.4, -0.2) is 31.2 Å². The average Bonchev–Trinajstić information content (AvgIpc) is 2.56. The Morgan fingerprint density at radius 1 is 0.850 bits per heavy atom. The zero-order chi connectivity index (χ0) is 15.8. The standard InChI is InChI=1S/C12H17NO.3C2H6/c1-11-2-4-12(5-3-11)10-13-6-8-14-9-7-13;3*1-2/h2-5H,6-10H2,1H3;3*1-2H3. The molecule has 0 bridgehead atoms. The SMILES string of the molecule is CC.CC.CC.Cc1ccc(CN2CCOCC2)cc1. The summed E-state index contributed by atoms with van der Waals surface area (Å²) in [6.07, 6.45) is 0. The molecule has 0 aromatic heterocycles. The summed E-state index contributed by atoms with van der Waals surface area (Å²) >= 11 is 0. The van der Waals surface area contributed by atoms with E-state index in [9.17, 15) is 0 Å². The zero-order valence-electron chi connectivity index (χ0n) is 14.7. The first-order chi connectivity index (χ1) is 9.84. The van der Waals surface area contributed by atoms with Gasteiger partial charge in [0.05, 0.1) is 13.2 Å². The van der Waals surface area contributed by atoms with E-state index in [1.54, 1.807) is 0 Å². The van der Waals surface area contributed by atoms with E-state index >= 15 is 0 Å². The van der Waals surface area contributed by atoms with Crippen molar-refractivity contribution in [3.05, 3.63) is 35.4 Å². The third-order valence-electron chi connectivity index (χ3n) is 2.63. The average molecular weight is 281 g/mol. The van der Waals surface area contributed by atoms with Gasteiger partial charge in [-0.3, -0.25) is 4.90 Å². The Labute approximate surface area is 127 Å². The molecule has 0 unspecified atom stereocenters. The summed E-state index contributed by atoms with van der Waals surface area (Å²) in [6, 6.07) is 8.78. The number of nitrogens with zero attached hydrogens (tertiary/aromatic N) is 1. The Morgan fingerprint density at radius 3 is 1.75 bits per heavy atom. The van der Waals surface area contributed by atoms with Gasteiger partial charge in [0.2, 0.25) is 0 Å². The smallest absolute Gasteiger partial charge is 0.0594 e. The summed E-state index contributed by atoms with van der Waals surface area (Å²) in [7, 11) is 0. The van der Waals surface area contributed by atoms with E-state index in [1.165, 1.54) is 11.1 Å². The van der Waals surface area contributed by atoms with Crippen LogP contribution in [0.15, 0.2) is 24.3 Å². The van der Waals surface area contributed by atoms with Gasteiger partial charge in [0, 0.05) is 19.6 Å². The fourth-order valence-corrected chi connectivity index (χ4v) is 1.71. The van der Waals surface area contributed by atoms with Gasteiger partial charge in [-0.2, -0.15) is 0 Å². The Bertz CT molecular complexity index is 276. The molecule has 1 aromatic rings. The predicted molar refractivity (Wildman–Crippen MR) is 91.3 cm³/mol. The Balaban J connectivity index is 0. The van der Waals surface area contributed by atoms with Gasteiger partial charge in [0.15, 0.2) is 0 Å². The van der Waals surface area contributed by atoms with Crippen LogP contribution in [-0.2, 0) is 11.3 Å². The number of hydrogen-bond acceptors (Lipinski definition) is 2. The number of hydrogen-bond donors (Lipinski definition) is 0. The second-order valence-corrected chi connectivity index (χ2v) is 3.87. The van der Waals surface area contributed by atoms with Crippen LogP contribution in [0.4, 0.5) is 0 Å². The van der Waals surface area contributed by atoms with Crippen molar-refractivity contribution in [2.45, 2.75) is 55.0 Å². The first kappa shape index (κ1) is 21.4. The second kappa shape index (κ2) is 16.2. The molecular formula is C18H35NO. The van der Waals surface area contributed by atoms with Crippen LogP contribution >= 0.6 is 0 Å². The number of aryl methyl sites for hydroxylation is 1. The van der Waals surface area contributed by atoms with Crippen molar-refractivity contribution in [2.24, 2.45) is 0 Å². The maximum Gasteiger partial charge on any atom is 0.0594 e. The molecule has 0 spiro atoms. The molecule has 0 amide bonds. The molecule has 118 valence electrons. The van der Waals surface area contributed by atoms with E-state index in [0.717, 1.165) is 32.8 Å². The first-order valence-corrected chi connectivity index (χ1v) is 8.20. The highest BCUT2D eigenvalue weighted by atomic mass is 16.5. The molecule has 2 nitrogen and oxygen atoms in total. The summed E-state index contributed by atoms with van der Waals surface area (Å²) in [5.41, 5.74) is 2.73. The lowest BCUT2D eigenvalue weighted by atomic mass is 10.1. The van der Waals surface area contributed by atoms with Crippen LogP contribution < -0.4 is 0 Å². The molecule has 1 heterocycles. The van der Waals surface area contributed by atoms with Gasteiger partial charge in [0.25, 0.3) is 0 Å². The molecule has 0 saturated carbocycles. The minimum absolute atomic E-state index is 0.881. The van der Waals surface area contributed by atoms with E-state index in [0.29, 0.717) is 0 Å². The Kier molecular flexibility index (Phi) is 17.4. The van der Waals surface area contributed by atoms with Crippen LogP contribution in [0.3, 0.4) is 0 Å². The molecule has 1 saturated heterocycles. The molecule has 1 aliphatic heterocycles. The molecule has 0 atom stereocenters. The Hall–Kier alpha value is -0.860.